The van der Waals surface area contributed by atoms with E-state index in [4.69, 9.17) is 7.05 Å². The minimum Gasteiger partial charge on any atom is -0.478 e. The lowest BCUT2D eigenvalue weighted by molar-refractivity contribution is -0.859. The predicted octanol–water partition coefficient (Wildman–Crippen LogP) is 1.84. The van der Waals surface area contributed by atoms with Crippen LogP contribution in [-0.2, 0) is 6.54 Å². The standard InChI is InChI=1S/C10H13N2O2/c1-12(2,3)8-9-4-6-10(7-5-9)11(13)14/h1,4-7H,8H2,2-3H3. The molecule has 0 amide bonds. The van der Waals surface area contributed by atoms with E-state index >= 15 is 0 Å². The Morgan fingerprint density at radius 3 is 2.21 bits per heavy atom. The lowest BCUT2D eigenvalue weighted by Crippen LogP contribution is -2.30. The SMILES string of the molecule is [CH-][N+](C)(C)Cc1ccc([N+](=O)[O-])cc1. The van der Waals surface area contributed by atoms with E-state index in [1.807, 2.05) is 14.1 Å². The molecule has 0 fully saturated rings. The Balaban J connectivity index is 2.79. The number of non-ortho nitro benzene ring substituents is 1. The lowest BCUT2D eigenvalue weighted by atomic mass is 10.2. The topological polar surface area (TPSA) is 43.1 Å². The second-order valence-corrected chi connectivity index (χ2v) is 3.86. The fraction of sp³-hybridized carbons (Fsp3) is 0.300. The summed E-state index contributed by atoms with van der Waals surface area (Å²) in [6.07, 6.45) is 0. The molecule has 0 aromatic heterocycles. The second kappa shape index (κ2) is 3.75. The van der Waals surface area contributed by atoms with Gasteiger partial charge in [-0.15, -0.1) is 0 Å². The van der Waals surface area contributed by atoms with E-state index in [-0.39, 0.29) is 5.69 Å². The molecule has 0 N–H and O–H groups in total. The third kappa shape index (κ3) is 3.14. The van der Waals surface area contributed by atoms with Gasteiger partial charge in [0, 0.05) is 31.8 Å². The fourth-order valence-corrected chi connectivity index (χ4v) is 1.19. The van der Waals surface area contributed by atoms with Gasteiger partial charge in [-0.2, -0.15) is 0 Å². The van der Waals surface area contributed by atoms with Crippen LogP contribution in [0.5, 0.6) is 0 Å². The van der Waals surface area contributed by atoms with Crippen molar-refractivity contribution >= 4 is 5.69 Å². The molecule has 1 rings (SSSR count). The van der Waals surface area contributed by atoms with Gasteiger partial charge in [0.1, 0.15) is 0 Å². The first-order valence-electron chi connectivity index (χ1n) is 4.23. The molecular formula is C10H13N2O2. The van der Waals surface area contributed by atoms with Gasteiger partial charge in [0.2, 0.25) is 0 Å². The summed E-state index contributed by atoms with van der Waals surface area (Å²) in [4.78, 5) is 9.96. The van der Waals surface area contributed by atoms with Gasteiger partial charge < -0.3 is 4.48 Å². The van der Waals surface area contributed by atoms with Crippen LogP contribution < -0.4 is 0 Å². The maximum Gasteiger partial charge on any atom is 0.269 e. The first-order valence-corrected chi connectivity index (χ1v) is 4.23. The molecule has 0 atom stereocenters. The van der Waals surface area contributed by atoms with Gasteiger partial charge in [0.15, 0.2) is 0 Å². The van der Waals surface area contributed by atoms with Crippen LogP contribution in [0.25, 0.3) is 0 Å². The molecule has 0 heterocycles. The Morgan fingerprint density at radius 2 is 1.86 bits per heavy atom. The molecule has 0 saturated carbocycles. The first-order chi connectivity index (χ1) is 6.38. The van der Waals surface area contributed by atoms with Crippen LogP contribution in [0.2, 0.25) is 0 Å². The highest BCUT2D eigenvalue weighted by Gasteiger charge is 2.06. The van der Waals surface area contributed by atoms with Crippen LogP contribution in [0.3, 0.4) is 0 Å². The monoisotopic (exact) mass is 193 g/mol. The number of benzene rings is 1. The van der Waals surface area contributed by atoms with E-state index in [1.54, 1.807) is 12.1 Å². The summed E-state index contributed by atoms with van der Waals surface area (Å²) in [6.45, 7) is 0.651. The molecule has 1 aromatic rings. The molecule has 4 nitrogen and oxygen atoms in total. The van der Waals surface area contributed by atoms with Crippen molar-refractivity contribution in [2.45, 2.75) is 6.54 Å². The average Bonchev–Trinajstić information content (AvgIpc) is 2.02. The summed E-state index contributed by atoms with van der Waals surface area (Å²) in [6, 6.07) is 6.44. The zero-order valence-corrected chi connectivity index (χ0v) is 8.30. The molecule has 1 aromatic carbocycles. The predicted molar refractivity (Wildman–Crippen MR) is 53.2 cm³/mol. The smallest absolute Gasteiger partial charge is 0.269 e. The molecule has 0 unspecified atom stereocenters. The number of rotatable bonds is 3. The summed E-state index contributed by atoms with van der Waals surface area (Å²) in [5, 5.41) is 10.4. The summed E-state index contributed by atoms with van der Waals surface area (Å²) < 4.78 is 0.317. The maximum atomic E-state index is 10.4. The molecule has 0 saturated heterocycles. The Morgan fingerprint density at radius 1 is 1.36 bits per heavy atom. The van der Waals surface area contributed by atoms with E-state index in [0.29, 0.717) is 11.0 Å². The average molecular weight is 193 g/mol. The lowest BCUT2D eigenvalue weighted by Gasteiger charge is -2.34. The molecule has 0 aliphatic heterocycles. The Hall–Kier alpha value is -1.42. The number of quaternary nitrogens is 1. The van der Waals surface area contributed by atoms with Gasteiger partial charge >= 0.3 is 0 Å². The van der Waals surface area contributed by atoms with Crippen molar-refractivity contribution in [2.75, 3.05) is 14.1 Å². The molecule has 14 heavy (non-hydrogen) atoms. The minimum atomic E-state index is -0.410. The number of nitrogens with zero attached hydrogens (tertiary/aromatic N) is 2. The Bertz CT molecular complexity index is 325. The van der Waals surface area contributed by atoms with E-state index in [0.717, 1.165) is 5.56 Å². The molecule has 0 spiro atoms. The van der Waals surface area contributed by atoms with Crippen molar-refractivity contribution in [3.63, 3.8) is 0 Å². The van der Waals surface area contributed by atoms with Crippen LogP contribution in [0.4, 0.5) is 5.69 Å². The first kappa shape index (κ1) is 10.7. The highest BCUT2D eigenvalue weighted by molar-refractivity contribution is 5.32. The number of hydrogen-bond donors (Lipinski definition) is 0. The summed E-state index contributed by atoms with van der Waals surface area (Å²) in [7, 11) is 9.49. The van der Waals surface area contributed by atoms with Crippen molar-refractivity contribution in [1.82, 2.24) is 0 Å². The molecule has 0 aliphatic rings. The zero-order valence-electron chi connectivity index (χ0n) is 8.30. The van der Waals surface area contributed by atoms with E-state index in [1.165, 1.54) is 12.1 Å². The number of hydrogen-bond acceptors (Lipinski definition) is 2. The van der Waals surface area contributed by atoms with Gasteiger partial charge in [-0.25, -0.2) is 7.05 Å². The van der Waals surface area contributed by atoms with Crippen molar-refractivity contribution in [3.05, 3.63) is 47.0 Å². The van der Waals surface area contributed by atoms with E-state index in [2.05, 4.69) is 0 Å². The van der Waals surface area contributed by atoms with E-state index < -0.39 is 4.92 Å². The normalized spacial score (nSPS) is 11.4. The van der Waals surface area contributed by atoms with Gasteiger partial charge in [-0.1, -0.05) is 0 Å². The minimum absolute atomic E-state index is 0.107. The summed E-state index contributed by atoms with van der Waals surface area (Å²) in [5.74, 6) is 0. The third-order valence-corrected chi connectivity index (χ3v) is 1.74. The molecule has 1 radical (unpaired) electrons. The van der Waals surface area contributed by atoms with Crippen molar-refractivity contribution < 1.29 is 9.41 Å². The molecule has 0 aliphatic carbocycles. The van der Waals surface area contributed by atoms with Crippen molar-refractivity contribution in [3.8, 4) is 0 Å². The van der Waals surface area contributed by atoms with Gasteiger partial charge in [-0.3, -0.25) is 10.1 Å². The fourth-order valence-electron chi connectivity index (χ4n) is 1.19. The van der Waals surface area contributed by atoms with Crippen LogP contribution in [-0.4, -0.2) is 23.5 Å². The molecule has 4 heteroatoms. The molecule has 0 bridgehead atoms. The molecule has 75 valence electrons. The van der Waals surface area contributed by atoms with Crippen molar-refractivity contribution in [1.29, 1.82) is 0 Å². The molecular weight excluding hydrogens is 180 g/mol. The van der Waals surface area contributed by atoms with Gasteiger partial charge in [-0.05, 0) is 12.1 Å². The summed E-state index contributed by atoms with van der Waals surface area (Å²) in [5.41, 5.74) is 1.10. The van der Waals surface area contributed by atoms with Crippen LogP contribution >= 0.6 is 0 Å². The maximum absolute atomic E-state index is 10.4. The van der Waals surface area contributed by atoms with Crippen LogP contribution in [0, 0.1) is 17.2 Å². The third-order valence-electron chi connectivity index (χ3n) is 1.74. The number of nitro groups is 1. The Kier molecular flexibility index (Phi) is 2.86. The highest BCUT2D eigenvalue weighted by atomic mass is 16.6. The quantitative estimate of drug-likeness (QED) is 0.318. The van der Waals surface area contributed by atoms with Crippen LogP contribution in [0.15, 0.2) is 24.3 Å². The van der Waals surface area contributed by atoms with E-state index in [9.17, 15) is 10.1 Å². The van der Waals surface area contributed by atoms with Crippen molar-refractivity contribution in [2.24, 2.45) is 0 Å². The second-order valence-electron chi connectivity index (χ2n) is 3.86. The number of nitro benzene ring substituents is 1. The highest BCUT2D eigenvalue weighted by Crippen LogP contribution is 2.14. The van der Waals surface area contributed by atoms with Crippen LogP contribution in [0.1, 0.15) is 5.56 Å². The van der Waals surface area contributed by atoms with Gasteiger partial charge in [0.05, 0.1) is 11.5 Å². The summed E-state index contributed by atoms with van der Waals surface area (Å²) >= 11 is 0. The van der Waals surface area contributed by atoms with Gasteiger partial charge in [0.25, 0.3) is 5.69 Å². The largest absolute Gasteiger partial charge is 0.478 e. The zero-order chi connectivity index (χ0) is 10.8. The Labute approximate surface area is 83.5 Å².